The number of nitrogens with one attached hydrogen (secondary N) is 2. The van der Waals surface area contributed by atoms with Gasteiger partial charge in [-0.25, -0.2) is 19.8 Å². The van der Waals surface area contributed by atoms with Crippen LogP contribution in [0.5, 0.6) is 0 Å². The largest absolute Gasteiger partial charge is 0.448 e. The molecule has 0 fully saturated rings. The van der Waals surface area contributed by atoms with Gasteiger partial charge in [0, 0.05) is 31.9 Å². The number of aromatic nitrogens is 1. The number of para-hydroxylation sites is 1. The third kappa shape index (κ3) is 13.4. The number of hydrazine groups is 1. The highest BCUT2D eigenvalue weighted by Crippen LogP contribution is 2.23. The molecule has 3 aromatic carbocycles. The van der Waals surface area contributed by atoms with E-state index in [1.165, 1.54) is 17.5 Å². The molecule has 0 aliphatic carbocycles. The number of aliphatic hydroxyl groups is 1. The van der Waals surface area contributed by atoms with Gasteiger partial charge in [-0.05, 0) is 36.6 Å². The number of aliphatic hydroxyl groups excluding tert-OH is 1. The molecule has 49 heavy (non-hydrogen) atoms. The number of nitrogens with two attached hydrogens (primary N) is 1. The number of carbonyl (C=O) groups is 4. The van der Waals surface area contributed by atoms with E-state index in [0.717, 1.165) is 29.4 Å². The zero-order valence-electron chi connectivity index (χ0n) is 28.3. The predicted octanol–water partition coefficient (Wildman–Crippen LogP) is 4.10. The highest BCUT2D eigenvalue weighted by Gasteiger charge is 2.30. The highest BCUT2D eigenvalue weighted by molar-refractivity contribution is 5.96. The number of ether oxygens (including phenoxy) is 1. The van der Waals surface area contributed by atoms with Crippen molar-refractivity contribution in [2.24, 2.45) is 5.73 Å². The van der Waals surface area contributed by atoms with Crippen LogP contribution in [0.1, 0.15) is 53.9 Å². The van der Waals surface area contributed by atoms with Crippen molar-refractivity contribution in [3.05, 3.63) is 113 Å². The first kappa shape index (κ1) is 38.1. The van der Waals surface area contributed by atoms with Crippen molar-refractivity contribution in [3.63, 3.8) is 0 Å². The standard InChI is InChI=1S/C28H33N5O5.C7H8.C2H5NO/c1-2-3-14-38-28(37)33-18-22-10-5-4-9-21(22)17-32(33)19-23(34)15-29-26(35)16-30-27(36)25-13-12-20-8-6-7-11-24(20)31-25;1-7-5-3-2-4-6-7;1-2(3)4/h4-13,23,34H,2-3,14-19H2,1H3,(H,29,35)(H,30,36);2-6H,1H3;1H3,(H2,3,4). The Hall–Kier alpha value is -5.33. The van der Waals surface area contributed by atoms with Gasteiger partial charge in [0.25, 0.3) is 5.91 Å². The monoisotopic (exact) mass is 670 g/mol. The molecule has 0 saturated heterocycles. The van der Waals surface area contributed by atoms with Crippen LogP contribution in [0.15, 0.2) is 91.0 Å². The maximum atomic E-state index is 12.7. The fraction of sp³-hybridized carbons (Fsp3) is 0.324. The number of unbranched alkanes of at least 4 members (excludes halogenated alkanes) is 1. The summed E-state index contributed by atoms with van der Waals surface area (Å²) in [6, 6.07) is 28.9. The molecule has 12 nitrogen and oxygen atoms in total. The van der Waals surface area contributed by atoms with E-state index < -0.39 is 24.0 Å². The van der Waals surface area contributed by atoms with Crippen LogP contribution in [0.4, 0.5) is 4.79 Å². The van der Waals surface area contributed by atoms with Crippen molar-refractivity contribution in [2.75, 3.05) is 26.2 Å². The fourth-order valence-corrected chi connectivity index (χ4v) is 4.71. The Morgan fingerprint density at radius 1 is 0.898 bits per heavy atom. The first-order valence-corrected chi connectivity index (χ1v) is 16.2. The van der Waals surface area contributed by atoms with Crippen LogP contribution in [0.3, 0.4) is 0 Å². The molecule has 1 aromatic heterocycles. The number of aryl methyl sites for hydroxylation is 1. The quantitative estimate of drug-likeness (QED) is 0.183. The fourth-order valence-electron chi connectivity index (χ4n) is 4.71. The van der Waals surface area contributed by atoms with Gasteiger partial charge in [-0.1, -0.05) is 97.8 Å². The average molecular weight is 671 g/mol. The summed E-state index contributed by atoms with van der Waals surface area (Å²) in [7, 11) is 0. The Bertz CT molecular complexity index is 1660. The van der Waals surface area contributed by atoms with E-state index in [4.69, 9.17) is 4.74 Å². The molecule has 260 valence electrons. The van der Waals surface area contributed by atoms with Gasteiger partial charge in [0.2, 0.25) is 11.8 Å². The molecule has 5 rings (SSSR count). The van der Waals surface area contributed by atoms with E-state index in [0.29, 0.717) is 25.2 Å². The minimum atomic E-state index is -0.951. The van der Waals surface area contributed by atoms with Crippen molar-refractivity contribution >= 4 is 34.7 Å². The van der Waals surface area contributed by atoms with E-state index >= 15 is 0 Å². The number of benzene rings is 3. The molecule has 1 atom stereocenters. The summed E-state index contributed by atoms with van der Waals surface area (Å²) in [4.78, 5) is 51.0. The molecule has 0 spiro atoms. The zero-order valence-corrected chi connectivity index (χ0v) is 28.3. The molecule has 1 unspecified atom stereocenters. The highest BCUT2D eigenvalue weighted by atomic mass is 16.6. The van der Waals surface area contributed by atoms with E-state index in [-0.39, 0.29) is 31.2 Å². The number of carbonyl (C=O) groups excluding carboxylic acids is 4. The molecule has 0 bridgehead atoms. The van der Waals surface area contributed by atoms with Crippen LogP contribution in [-0.2, 0) is 27.4 Å². The number of nitrogens with zero attached hydrogens (tertiary/aromatic N) is 3. The first-order valence-electron chi connectivity index (χ1n) is 16.2. The summed E-state index contributed by atoms with van der Waals surface area (Å²) in [5, 5.41) is 20.0. The molecular weight excluding hydrogens is 624 g/mol. The van der Waals surface area contributed by atoms with Crippen molar-refractivity contribution in [1.29, 1.82) is 0 Å². The van der Waals surface area contributed by atoms with Crippen LogP contribution in [0, 0.1) is 6.92 Å². The Morgan fingerprint density at radius 2 is 1.53 bits per heavy atom. The minimum Gasteiger partial charge on any atom is -0.448 e. The summed E-state index contributed by atoms with van der Waals surface area (Å²) in [6.45, 7) is 6.33. The van der Waals surface area contributed by atoms with Crippen molar-refractivity contribution in [3.8, 4) is 0 Å². The Morgan fingerprint density at radius 3 is 2.18 bits per heavy atom. The van der Waals surface area contributed by atoms with Crippen LogP contribution in [0.2, 0.25) is 0 Å². The van der Waals surface area contributed by atoms with E-state index in [2.05, 4.69) is 40.4 Å². The molecular formula is C37H46N6O6. The van der Waals surface area contributed by atoms with Gasteiger partial charge in [-0.3, -0.25) is 14.4 Å². The number of hydrogen-bond donors (Lipinski definition) is 4. The van der Waals surface area contributed by atoms with Crippen LogP contribution < -0.4 is 16.4 Å². The van der Waals surface area contributed by atoms with E-state index in [1.807, 2.05) is 73.7 Å². The average Bonchev–Trinajstić information content (AvgIpc) is 3.09. The molecule has 0 radical (unpaired) electrons. The Labute approximate surface area is 287 Å². The normalized spacial score (nSPS) is 12.6. The zero-order chi connectivity index (χ0) is 35.6. The number of primary amides is 1. The second-order valence-corrected chi connectivity index (χ2v) is 11.4. The number of fused-ring (bicyclic) bond motifs is 2. The third-order valence-electron chi connectivity index (χ3n) is 7.20. The van der Waals surface area contributed by atoms with E-state index in [1.54, 1.807) is 17.1 Å². The summed E-state index contributed by atoms with van der Waals surface area (Å²) in [6.07, 6.45) is 0.276. The summed E-state index contributed by atoms with van der Waals surface area (Å²) in [5.41, 5.74) is 8.79. The smallest absolute Gasteiger partial charge is 0.424 e. The van der Waals surface area contributed by atoms with Gasteiger partial charge in [0.1, 0.15) is 5.69 Å². The number of hydrogen-bond acceptors (Lipinski definition) is 8. The predicted molar refractivity (Wildman–Crippen MR) is 188 cm³/mol. The lowest BCUT2D eigenvalue weighted by Crippen LogP contribution is -2.53. The minimum absolute atomic E-state index is 0.0419. The van der Waals surface area contributed by atoms with Crippen molar-refractivity contribution in [2.45, 2.75) is 52.8 Å². The topological polar surface area (TPSA) is 167 Å². The maximum absolute atomic E-state index is 12.7. The summed E-state index contributed by atoms with van der Waals surface area (Å²) >= 11 is 0. The van der Waals surface area contributed by atoms with Gasteiger partial charge in [0.05, 0.1) is 31.3 Å². The molecule has 1 aliphatic heterocycles. The lowest BCUT2D eigenvalue weighted by Gasteiger charge is -2.39. The second kappa shape index (κ2) is 20.1. The van der Waals surface area contributed by atoms with Gasteiger partial charge in [0.15, 0.2) is 0 Å². The molecule has 0 saturated carbocycles. The summed E-state index contributed by atoms with van der Waals surface area (Å²) < 4.78 is 5.41. The molecule has 2 heterocycles. The van der Waals surface area contributed by atoms with Gasteiger partial charge in [-0.15, -0.1) is 0 Å². The van der Waals surface area contributed by atoms with Crippen LogP contribution >= 0.6 is 0 Å². The SMILES string of the molecule is CC(N)=O.CCCCOC(=O)N1Cc2ccccc2CN1CC(O)CNC(=O)CNC(=O)c1ccc2ccccc2n1.Cc1ccccc1. The summed E-state index contributed by atoms with van der Waals surface area (Å²) in [5.74, 6) is -1.24. The van der Waals surface area contributed by atoms with E-state index in [9.17, 15) is 24.3 Å². The number of amides is 4. The molecule has 4 aromatic rings. The molecule has 12 heteroatoms. The van der Waals surface area contributed by atoms with Gasteiger partial charge >= 0.3 is 6.09 Å². The lowest BCUT2D eigenvalue weighted by atomic mass is 10.1. The maximum Gasteiger partial charge on any atom is 0.424 e. The number of β-amino-alcohol motifs (C(OH)–C–C–N with tert-alkyl or cyclic N) is 1. The third-order valence-corrected chi connectivity index (χ3v) is 7.20. The van der Waals surface area contributed by atoms with Crippen LogP contribution in [-0.4, -0.2) is 76.3 Å². The van der Waals surface area contributed by atoms with Crippen LogP contribution in [0.25, 0.3) is 10.9 Å². The van der Waals surface area contributed by atoms with Crippen molar-refractivity contribution in [1.82, 2.24) is 25.6 Å². The Balaban J connectivity index is 0.000000505. The number of rotatable bonds is 10. The molecule has 1 aliphatic rings. The number of pyridine rings is 1. The Kier molecular flexibility index (Phi) is 15.7. The van der Waals surface area contributed by atoms with Crippen molar-refractivity contribution < 1.29 is 29.0 Å². The van der Waals surface area contributed by atoms with Gasteiger partial charge in [-0.2, -0.15) is 0 Å². The lowest BCUT2D eigenvalue weighted by molar-refractivity contribution is -0.121. The second-order valence-electron chi connectivity index (χ2n) is 11.4. The molecule has 4 amide bonds. The van der Waals surface area contributed by atoms with Gasteiger partial charge < -0.3 is 26.2 Å². The molecule has 5 N–H and O–H groups in total. The first-order chi connectivity index (χ1) is 23.6.